The molecule has 0 aliphatic heterocycles. The van der Waals surface area contributed by atoms with E-state index >= 15 is 0 Å². The Hall–Kier alpha value is -1.95. The van der Waals surface area contributed by atoms with Crippen molar-refractivity contribution in [1.29, 1.82) is 0 Å². The SMILES string of the molecule is CC(C)(C)OC(=O)n1ncc2cc(CO)c(F)cc21. The van der Waals surface area contributed by atoms with E-state index < -0.39 is 24.1 Å². The van der Waals surface area contributed by atoms with Crippen LogP contribution in [-0.4, -0.2) is 26.6 Å². The fourth-order valence-electron chi connectivity index (χ4n) is 1.67. The van der Waals surface area contributed by atoms with Crippen molar-refractivity contribution in [3.8, 4) is 0 Å². The van der Waals surface area contributed by atoms with E-state index in [1.807, 2.05) is 0 Å². The summed E-state index contributed by atoms with van der Waals surface area (Å²) in [5.74, 6) is -0.583. The summed E-state index contributed by atoms with van der Waals surface area (Å²) in [5.41, 5.74) is -0.181. The van der Waals surface area contributed by atoms with Gasteiger partial charge in [0, 0.05) is 17.0 Å². The molecule has 0 unspecified atom stereocenters. The molecule has 0 atom stereocenters. The molecule has 1 heterocycles. The minimum atomic E-state index is -0.668. The zero-order chi connectivity index (χ0) is 14.2. The number of aromatic nitrogens is 2. The van der Waals surface area contributed by atoms with Gasteiger partial charge >= 0.3 is 6.09 Å². The van der Waals surface area contributed by atoms with E-state index in [0.717, 1.165) is 10.7 Å². The van der Waals surface area contributed by atoms with Crippen molar-refractivity contribution in [2.24, 2.45) is 0 Å². The Labute approximate surface area is 109 Å². The number of aliphatic hydroxyl groups excluding tert-OH is 1. The van der Waals surface area contributed by atoms with Gasteiger partial charge in [0.15, 0.2) is 0 Å². The minimum Gasteiger partial charge on any atom is -0.442 e. The lowest BCUT2D eigenvalue weighted by molar-refractivity contribution is 0.0522. The molecule has 0 spiro atoms. The molecule has 2 rings (SSSR count). The summed E-state index contributed by atoms with van der Waals surface area (Å²) in [4.78, 5) is 11.9. The first-order chi connectivity index (χ1) is 8.81. The van der Waals surface area contributed by atoms with Gasteiger partial charge in [-0.1, -0.05) is 0 Å². The molecular weight excluding hydrogens is 251 g/mol. The minimum absolute atomic E-state index is 0.163. The Balaban J connectivity index is 2.46. The molecule has 5 nitrogen and oxygen atoms in total. The first-order valence-corrected chi connectivity index (χ1v) is 5.82. The van der Waals surface area contributed by atoms with E-state index in [9.17, 15) is 9.18 Å². The number of hydrogen-bond donors (Lipinski definition) is 1. The first-order valence-electron chi connectivity index (χ1n) is 5.82. The molecule has 0 amide bonds. The molecule has 0 radical (unpaired) electrons. The van der Waals surface area contributed by atoms with E-state index in [4.69, 9.17) is 9.84 Å². The zero-order valence-electron chi connectivity index (χ0n) is 11.0. The lowest BCUT2D eigenvalue weighted by atomic mass is 10.1. The van der Waals surface area contributed by atoms with Crippen LogP contribution in [0.4, 0.5) is 9.18 Å². The van der Waals surface area contributed by atoms with Gasteiger partial charge in [-0.25, -0.2) is 9.18 Å². The third-order valence-corrected chi connectivity index (χ3v) is 2.47. The van der Waals surface area contributed by atoms with Crippen molar-refractivity contribution in [3.05, 3.63) is 29.7 Å². The van der Waals surface area contributed by atoms with Gasteiger partial charge in [0.25, 0.3) is 0 Å². The van der Waals surface area contributed by atoms with Crippen LogP contribution in [0.3, 0.4) is 0 Å². The summed E-state index contributed by atoms with van der Waals surface area (Å²) < 4.78 is 19.8. The van der Waals surface area contributed by atoms with Gasteiger partial charge in [-0.05, 0) is 26.8 Å². The predicted molar refractivity (Wildman–Crippen MR) is 67.2 cm³/mol. The van der Waals surface area contributed by atoms with Crippen LogP contribution in [0.5, 0.6) is 0 Å². The molecule has 102 valence electrons. The van der Waals surface area contributed by atoms with Gasteiger partial charge < -0.3 is 9.84 Å². The molecule has 0 saturated carbocycles. The maximum atomic E-state index is 13.6. The summed E-state index contributed by atoms with van der Waals surface area (Å²) in [6, 6.07) is 2.62. The number of nitrogens with zero attached hydrogens (tertiary/aromatic N) is 2. The van der Waals surface area contributed by atoms with Gasteiger partial charge in [0.1, 0.15) is 11.4 Å². The Kier molecular flexibility index (Phi) is 3.28. The maximum absolute atomic E-state index is 13.6. The summed E-state index contributed by atoms with van der Waals surface area (Å²) >= 11 is 0. The summed E-state index contributed by atoms with van der Waals surface area (Å²) in [6.45, 7) is 4.81. The largest absolute Gasteiger partial charge is 0.442 e. The normalized spacial score (nSPS) is 11.8. The van der Waals surface area contributed by atoms with Gasteiger partial charge in [0.05, 0.1) is 18.3 Å². The number of aliphatic hydroxyl groups is 1. The summed E-state index contributed by atoms with van der Waals surface area (Å²) in [6.07, 6.45) is 0.761. The van der Waals surface area contributed by atoms with Gasteiger partial charge in [0.2, 0.25) is 0 Å². The topological polar surface area (TPSA) is 64.4 Å². The van der Waals surface area contributed by atoms with Crippen LogP contribution in [0.25, 0.3) is 10.9 Å². The molecule has 0 aliphatic carbocycles. The van der Waals surface area contributed by atoms with Crippen molar-refractivity contribution in [2.45, 2.75) is 33.0 Å². The van der Waals surface area contributed by atoms with Crippen molar-refractivity contribution in [2.75, 3.05) is 0 Å². The van der Waals surface area contributed by atoms with Crippen LogP contribution < -0.4 is 0 Å². The van der Waals surface area contributed by atoms with Crippen LogP contribution in [0, 0.1) is 5.82 Å². The zero-order valence-corrected chi connectivity index (χ0v) is 11.0. The number of ether oxygens (including phenoxy) is 1. The molecule has 1 aromatic carbocycles. The number of hydrogen-bond acceptors (Lipinski definition) is 4. The molecule has 0 aliphatic rings. The van der Waals surface area contributed by atoms with E-state index in [0.29, 0.717) is 10.9 Å². The highest BCUT2D eigenvalue weighted by Gasteiger charge is 2.20. The van der Waals surface area contributed by atoms with E-state index in [-0.39, 0.29) is 5.56 Å². The number of carbonyl (C=O) groups excluding carboxylic acids is 1. The lowest BCUT2D eigenvalue weighted by Crippen LogP contribution is -2.27. The van der Waals surface area contributed by atoms with E-state index in [1.54, 1.807) is 20.8 Å². The second-order valence-corrected chi connectivity index (χ2v) is 5.20. The Morgan fingerprint density at radius 2 is 2.16 bits per heavy atom. The average molecular weight is 266 g/mol. The molecule has 2 aromatic rings. The highest BCUT2D eigenvalue weighted by molar-refractivity contribution is 5.88. The maximum Gasteiger partial charge on any atom is 0.435 e. The number of rotatable bonds is 1. The van der Waals surface area contributed by atoms with Crippen LogP contribution in [0.2, 0.25) is 0 Å². The molecular formula is C13H15FN2O3. The van der Waals surface area contributed by atoms with Gasteiger partial charge in [-0.15, -0.1) is 0 Å². The van der Waals surface area contributed by atoms with Gasteiger partial charge in [-0.2, -0.15) is 9.78 Å². The Bertz CT molecular complexity index is 629. The van der Waals surface area contributed by atoms with Crippen LogP contribution in [0.1, 0.15) is 26.3 Å². The summed E-state index contributed by atoms with van der Waals surface area (Å²) in [5, 5.41) is 13.4. The number of halogens is 1. The van der Waals surface area contributed by atoms with Crippen LogP contribution in [0.15, 0.2) is 18.3 Å². The molecule has 0 fully saturated rings. The fraction of sp³-hybridized carbons (Fsp3) is 0.385. The molecule has 6 heteroatoms. The van der Waals surface area contributed by atoms with Gasteiger partial charge in [-0.3, -0.25) is 0 Å². The number of carbonyl (C=O) groups is 1. The second-order valence-electron chi connectivity index (χ2n) is 5.20. The highest BCUT2D eigenvalue weighted by Crippen LogP contribution is 2.20. The molecule has 1 aromatic heterocycles. The Morgan fingerprint density at radius 1 is 1.47 bits per heavy atom. The Morgan fingerprint density at radius 3 is 2.74 bits per heavy atom. The van der Waals surface area contributed by atoms with Crippen LogP contribution >= 0.6 is 0 Å². The van der Waals surface area contributed by atoms with Crippen molar-refractivity contribution in [3.63, 3.8) is 0 Å². The lowest BCUT2D eigenvalue weighted by Gasteiger charge is -2.19. The predicted octanol–water partition coefficient (Wildman–Crippen LogP) is 2.45. The second kappa shape index (κ2) is 4.62. The molecule has 19 heavy (non-hydrogen) atoms. The fourth-order valence-corrected chi connectivity index (χ4v) is 1.67. The third-order valence-electron chi connectivity index (χ3n) is 2.47. The van der Waals surface area contributed by atoms with Crippen molar-refractivity contribution >= 4 is 17.0 Å². The standard InChI is InChI=1S/C13H15FN2O3/c1-13(2,3)19-12(18)16-11-5-10(14)9(7-17)4-8(11)6-15-16/h4-6,17H,7H2,1-3H3. The van der Waals surface area contributed by atoms with E-state index in [1.165, 1.54) is 12.3 Å². The van der Waals surface area contributed by atoms with Crippen molar-refractivity contribution in [1.82, 2.24) is 9.78 Å². The molecule has 0 bridgehead atoms. The third kappa shape index (κ3) is 2.73. The number of benzene rings is 1. The quantitative estimate of drug-likeness (QED) is 0.861. The number of fused-ring (bicyclic) bond motifs is 1. The molecule has 0 saturated heterocycles. The smallest absolute Gasteiger partial charge is 0.435 e. The van der Waals surface area contributed by atoms with E-state index in [2.05, 4.69) is 5.10 Å². The monoisotopic (exact) mass is 266 g/mol. The summed E-state index contributed by atoms with van der Waals surface area (Å²) in [7, 11) is 0. The van der Waals surface area contributed by atoms with Crippen molar-refractivity contribution < 1.29 is 19.0 Å². The molecule has 1 N–H and O–H groups in total. The highest BCUT2D eigenvalue weighted by atomic mass is 19.1. The average Bonchev–Trinajstić information content (AvgIpc) is 2.68. The first kappa shape index (κ1) is 13.5. The van der Waals surface area contributed by atoms with Crippen LogP contribution in [-0.2, 0) is 11.3 Å².